The first-order valence-electron chi connectivity index (χ1n) is 10.2. The zero-order valence-electron chi connectivity index (χ0n) is 18.4. The van der Waals surface area contributed by atoms with Gasteiger partial charge < -0.3 is 23.7 Å². The van der Waals surface area contributed by atoms with Gasteiger partial charge in [-0.3, -0.25) is 14.4 Å². The van der Waals surface area contributed by atoms with Gasteiger partial charge >= 0.3 is 23.9 Å². The highest BCUT2D eigenvalue weighted by Crippen LogP contribution is 2.48. The maximum Gasteiger partial charge on any atom is 0.333 e. The highest BCUT2D eigenvalue weighted by Gasteiger charge is 2.61. The van der Waals surface area contributed by atoms with Crippen LogP contribution in [0, 0.1) is 11.8 Å². The zero-order valence-corrected chi connectivity index (χ0v) is 18.4. The summed E-state index contributed by atoms with van der Waals surface area (Å²) in [6, 6.07) is 0. The van der Waals surface area contributed by atoms with Crippen LogP contribution in [0.25, 0.3) is 0 Å². The molecule has 3 heterocycles. The van der Waals surface area contributed by atoms with Crippen molar-refractivity contribution in [1.29, 1.82) is 0 Å². The van der Waals surface area contributed by atoms with Gasteiger partial charge in [-0.25, -0.2) is 9.59 Å². The fourth-order valence-electron chi connectivity index (χ4n) is 3.62. The molecule has 3 aliphatic heterocycles. The maximum atomic E-state index is 11.5. The molecule has 3 aliphatic rings. The first kappa shape index (κ1) is 25.3. The third-order valence-corrected chi connectivity index (χ3v) is 5.07. The van der Waals surface area contributed by atoms with Crippen molar-refractivity contribution in [2.24, 2.45) is 11.8 Å². The molecule has 10 heteroatoms. The number of fused-ring (bicyclic) bond motifs is 5. The van der Waals surface area contributed by atoms with Crippen molar-refractivity contribution >= 4 is 29.7 Å². The zero-order chi connectivity index (χ0) is 24.0. The van der Waals surface area contributed by atoms with Crippen LogP contribution in [-0.4, -0.2) is 67.8 Å². The van der Waals surface area contributed by atoms with Gasteiger partial charge in [0.1, 0.15) is 37.6 Å². The molecule has 0 N–H and O–H groups in total. The number of esters is 4. The van der Waals surface area contributed by atoms with Gasteiger partial charge in [-0.1, -0.05) is 13.2 Å². The average molecular weight is 452 g/mol. The first-order valence-corrected chi connectivity index (χ1v) is 10.2. The quantitative estimate of drug-likeness (QED) is 0.173. The van der Waals surface area contributed by atoms with Crippen LogP contribution in [0.2, 0.25) is 0 Å². The number of cyclic esters (lactones) is 1. The van der Waals surface area contributed by atoms with Crippen molar-refractivity contribution in [3.63, 3.8) is 0 Å². The van der Waals surface area contributed by atoms with Gasteiger partial charge in [-0.05, 0) is 20.8 Å². The van der Waals surface area contributed by atoms with E-state index in [4.69, 9.17) is 14.2 Å². The minimum Gasteiger partial charge on any atom is -0.465 e. The Labute approximate surface area is 185 Å². The summed E-state index contributed by atoms with van der Waals surface area (Å²) in [5.74, 6) is -2.09. The Kier molecular flexibility index (Phi) is 8.71. The predicted molar refractivity (Wildman–Crippen MR) is 108 cm³/mol. The van der Waals surface area contributed by atoms with E-state index in [0.717, 1.165) is 0 Å². The van der Waals surface area contributed by atoms with E-state index in [1.807, 2.05) is 0 Å². The average Bonchev–Trinajstić information content (AvgIpc) is 3.38. The first-order chi connectivity index (χ1) is 15.0. The number of ketones is 1. The molecule has 0 saturated carbocycles. The van der Waals surface area contributed by atoms with Gasteiger partial charge in [0.25, 0.3) is 0 Å². The van der Waals surface area contributed by atoms with Crippen LogP contribution in [0.15, 0.2) is 24.3 Å². The lowest BCUT2D eigenvalue weighted by molar-refractivity contribution is -0.151. The predicted octanol–water partition coefficient (Wildman–Crippen LogP) is 1.06. The van der Waals surface area contributed by atoms with Crippen LogP contribution >= 0.6 is 0 Å². The Morgan fingerprint density at radius 3 is 2.22 bits per heavy atom. The normalized spacial score (nSPS) is 26.7. The van der Waals surface area contributed by atoms with Crippen LogP contribution in [-0.2, 0) is 47.7 Å². The maximum absolute atomic E-state index is 11.5. The van der Waals surface area contributed by atoms with Gasteiger partial charge in [0.2, 0.25) is 0 Å². The highest BCUT2D eigenvalue weighted by molar-refractivity contribution is 5.94. The van der Waals surface area contributed by atoms with Crippen molar-refractivity contribution in [2.75, 3.05) is 19.8 Å². The van der Waals surface area contributed by atoms with E-state index in [-0.39, 0.29) is 67.1 Å². The van der Waals surface area contributed by atoms with Gasteiger partial charge in [-0.2, -0.15) is 0 Å². The highest BCUT2D eigenvalue weighted by atomic mass is 16.6. The van der Waals surface area contributed by atoms with E-state index in [2.05, 4.69) is 22.6 Å². The van der Waals surface area contributed by atoms with E-state index in [1.54, 1.807) is 6.92 Å². The molecular weight excluding hydrogens is 424 g/mol. The number of carbonyl (C=O) groups excluding carboxylic acids is 5. The Balaban J connectivity index is 0.000000230. The van der Waals surface area contributed by atoms with E-state index in [9.17, 15) is 24.0 Å². The second-order valence-electron chi connectivity index (χ2n) is 7.93. The lowest BCUT2D eigenvalue weighted by Gasteiger charge is -2.25. The van der Waals surface area contributed by atoms with Crippen LogP contribution in [0.5, 0.6) is 0 Å². The molecule has 3 rings (SSSR count). The van der Waals surface area contributed by atoms with Crippen LogP contribution in [0.4, 0.5) is 0 Å². The molecule has 176 valence electrons. The van der Waals surface area contributed by atoms with E-state index in [0.29, 0.717) is 18.6 Å². The van der Waals surface area contributed by atoms with E-state index in [1.165, 1.54) is 13.8 Å². The summed E-state index contributed by atoms with van der Waals surface area (Å²) in [5, 5.41) is 0. The second-order valence-corrected chi connectivity index (χ2v) is 7.93. The molecule has 3 saturated heterocycles. The monoisotopic (exact) mass is 452 g/mol. The summed E-state index contributed by atoms with van der Waals surface area (Å²) in [7, 11) is 0. The fourth-order valence-corrected chi connectivity index (χ4v) is 3.62. The van der Waals surface area contributed by atoms with Crippen molar-refractivity contribution < 1.29 is 47.7 Å². The molecule has 0 radical (unpaired) electrons. The van der Waals surface area contributed by atoms with Crippen molar-refractivity contribution in [1.82, 2.24) is 0 Å². The molecule has 0 spiro atoms. The van der Waals surface area contributed by atoms with Crippen LogP contribution in [0.3, 0.4) is 0 Å². The number of carbonyl (C=O) groups is 5. The van der Waals surface area contributed by atoms with E-state index >= 15 is 0 Å². The van der Waals surface area contributed by atoms with Gasteiger partial charge in [-0.15, -0.1) is 0 Å². The smallest absolute Gasteiger partial charge is 0.333 e. The van der Waals surface area contributed by atoms with Crippen molar-refractivity contribution in [2.45, 2.75) is 51.9 Å². The third-order valence-electron chi connectivity index (χ3n) is 5.07. The molecule has 10 nitrogen and oxygen atoms in total. The topological polar surface area (TPSA) is 132 Å². The van der Waals surface area contributed by atoms with Crippen molar-refractivity contribution in [3.8, 4) is 0 Å². The SMILES string of the molecule is C=C(C)C(=O)OC1CC2OC1C1COC(=O)C21.C=C(C)C(=O)OCCOC(=O)CC(C)=O. The van der Waals surface area contributed by atoms with Gasteiger partial charge in [0.05, 0.1) is 18.6 Å². The van der Waals surface area contributed by atoms with Gasteiger partial charge in [0, 0.05) is 23.5 Å². The molecule has 3 fully saturated rings. The Morgan fingerprint density at radius 1 is 1.00 bits per heavy atom. The number of rotatable bonds is 8. The Bertz CT molecular complexity index is 814. The molecule has 0 aromatic heterocycles. The minimum atomic E-state index is -0.617. The molecule has 0 amide bonds. The lowest BCUT2D eigenvalue weighted by Crippen LogP contribution is -2.39. The molecule has 0 aromatic rings. The van der Waals surface area contributed by atoms with Crippen molar-refractivity contribution in [3.05, 3.63) is 24.3 Å². The third kappa shape index (κ3) is 6.49. The number of hydrogen-bond acceptors (Lipinski definition) is 10. The minimum absolute atomic E-state index is 0.0324. The lowest BCUT2D eigenvalue weighted by atomic mass is 9.80. The summed E-state index contributed by atoms with van der Waals surface area (Å²) >= 11 is 0. The summed E-state index contributed by atoms with van der Waals surface area (Å²) in [6.45, 7) is 11.6. The summed E-state index contributed by atoms with van der Waals surface area (Å²) in [4.78, 5) is 55.1. The van der Waals surface area contributed by atoms with Crippen LogP contribution in [0.1, 0.15) is 33.6 Å². The fraction of sp³-hybridized carbons (Fsp3) is 0.591. The Hall–Kier alpha value is -3.01. The molecule has 5 atom stereocenters. The summed E-state index contributed by atoms with van der Waals surface area (Å²) < 4.78 is 25.3. The Morgan fingerprint density at radius 2 is 1.62 bits per heavy atom. The number of ether oxygens (including phenoxy) is 5. The molecule has 2 bridgehead atoms. The molecule has 0 aromatic carbocycles. The summed E-state index contributed by atoms with van der Waals surface area (Å²) in [6.07, 6.45) is -0.281. The molecule has 0 aliphatic carbocycles. The number of Topliss-reactive ketones (excluding diaryl/α,β-unsaturated/α-hetero) is 1. The second kappa shape index (κ2) is 11.0. The molecular formula is C22H28O10. The van der Waals surface area contributed by atoms with Gasteiger partial charge in [0.15, 0.2) is 0 Å². The molecule has 5 unspecified atom stereocenters. The molecule has 32 heavy (non-hydrogen) atoms. The largest absolute Gasteiger partial charge is 0.465 e. The van der Waals surface area contributed by atoms with E-state index < -0.39 is 17.9 Å². The number of hydrogen-bond donors (Lipinski definition) is 0. The van der Waals surface area contributed by atoms with Crippen LogP contribution < -0.4 is 0 Å². The standard InChI is InChI=1S/C12H14O5.C10H14O5/c1-5(2)11(13)17-8-3-7-9-6(10(8)16-7)4-15-12(9)14;1-7(2)10(13)15-5-4-14-9(12)6-8(3)11/h6-10H,1,3-4H2,2H3;1,4-6H2,2-3H3. The summed E-state index contributed by atoms with van der Waals surface area (Å²) in [5.41, 5.74) is 0.660.